The summed E-state index contributed by atoms with van der Waals surface area (Å²) in [5.74, 6) is 0. The SMILES string of the molecule is C1=CC2N=Cc3ccccc3NC2C=C1. The van der Waals surface area contributed by atoms with E-state index >= 15 is 0 Å². The highest BCUT2D eigenvalue weighted by Gasteiger charge is 2.20. The van der Waals surface area contributed by atoms with Crippen LogP contribution in [0.25, 0.3) is 0 Å². The van der Waals surface area contributed by atoms with Crippen molar-refractivity contribution in [2.24, 2.45) is 4.99 Å². The number of hydrogen-bond acceptors (Lipinski definition) is 2. The molecule has 15 heavy (non-hydrogen) atoms. The Morgan fingerprint density at radius 2 is 1.93 bits per heavy atom. The van der Waals surface area contributed by atoms with Crippen LogP contribution in [0, 0.1) is 0 Å². The van der Waals surface area contributed by atoms with E-state index in [1.165, 1.54) is 0 Å². The van der Waals surface area contributed by atoms with Crippen molar-refractivity contribution in [1.29, 1.82) is 0 Å². The molecule has 0 radical (unpaired) electrons. The predicted molar refractivity (Wildman–Crippen MR) is 63.5 cm³/mol. The summed E-state index contributed by atoms with van der Waals surface area (Å²) in [6.07, 6.45) is 10.4. The molecule has 0 bridgehead atoms. The molecule has 1 heterocycles. The van der Waals surface area contributed by atoms with E-state index in [1.807, 2.05) is 18.3 Å². The van der Waals surface area contributed by atoms with Crippen molar-refractivity contribution in [2.45, 2.75) is 12.1 Å². The van der Waals surface area contributed by atoms with Crippen LogP contribution in [0.3, 0.4) is 0 Å². The van der Waals surface area contributed by atoms with Gasteiger partial charge in [-0.25, -0.2) is 0 Å². The Morgan fingerprint density at radius 1 is 1.07 bits per heavy atom. The van der Waals surface area contributed by atoms with Gasteiger partial charge in [-0.1, -0.05) is 42.5 Å². The Bertz CT molecular complexity index is 457. The minimum Gasteiger partial charge on any atom is -0.376 e. The molecule has 1 aromatic rings. The smallest absolute Gasteiger partial charge is 0.0920 e. The molecule has 2 atom stereocenters. The Morgan fingerprint density at radius 3 is 2.93 bits per heavy atom. The lowest BCUT2D eigenvalue weighted by atomic mass is 10.0. The van der Waals surface area contributed by atoms with Crippen LogP contribution in [0.1, 0.15) is 5.56 Å². The summed E-state index contributed by atoms with van der Waals surface area (Å²) in [7, 11) is 0. The molecular formula is C13H12N2. The van der Waals surface area contributed by atoms with Crippen LogP contribution in [0.2, 0.25) is 0 Å². The van der Waals surface area contributed by atoms with Crippen LogP contribution in [0.5, 0.6) is 0 Å². The molecule has 1 aliphatic carbocycles. The van der Waals surface area contributed by atoms with Gasteiger partial charge < -0.3 is 5.32 Å². The van der Waals surface area contributed by atoms with E-state index in [2.05, 4.69) is 46.7 Å². The van der Waals surface area contributed by atoms with Crippen molar-refractivity contribution < 1.29 is 0 Å². The van der Waals surface area contributed by atoms with Crippen LogP contribution >= 0.6 is 0 Å². The third kappa shape index (κ3) is 1.48. The predicted octanol–water partition coefficient (Wildman–Crippen LogP) is 2.39. The van der Waals surface area contributed by atoms with Crippen LogP contribution in [0.4, 0.5) is 5.69 Å². The molecule has 2 nitrogen and oxygen atoms in total. The lowest BCUT2D eigenvalue weighted by molar-refractivity contribution is 0.748. The molecule has 1 aliphatic heterocycles. The van der Waals surface area contributed by atoms with Crippen molar-refractivity contribution >= 4 is 11.9 Å². The second kappa shape index (κ2) is 3.39. The number of benzene rings is 1. The van der Waals surface area contributed by atoms with Gasteiger partial charge in [0.25, 0.3) is 0 Å². The zero-order valence-corrected chi connectivity index (χ0v) is 8.30. The number of para-hydroxylation sites is 1. The maximum Gasteiger partial charge on any atom is 0.0920 e. The first-order valence-electron chi connectivity index (χ1n) is 5.17. The van der Waals surface area contributed by atoms with Gasteiger partial charge in [-0.3, -0.25) is 4.99 Å². The van der Waals surface area contributed by atoms with E-state index in [0.29, 0.717) is 0 Å². The largest absolute Gasteiger partial charge is 0.376 e. The summed E-state index contributed by atoms with van der Waals surface area (Å²) >= 11 is 0. The van der Waals surface area contributed by atoms with Crippen molar-refractivity contribution in [2.75, 3.05) is 5.32 Å². The zero-order valence-electron chi connectivity index (χ0n) is 8.30. The van der Waals surface area contributed by atoms with E-state index in [4.69, 9.17) is 0 Å². The van der Waals surface area contributed by atoms with Crippen LogP contribution in [-0.2, 0) is 0 Å². The summed E-state index contributed by atoms with van der Waals surface area (Å²) in [6.45, 7) is 0. The Balaban J connectivity index is 2.04. The van der Waals surface area contributed by atoms with E-state index in [0.717, 1.165) is 11.3 Å². The lowest BCUT2D eigenvalue weighted by Gasteiger charge is -2.21. The molecule has 0 fully saturated rings. The van der Waals surface area contributed by atoms with E-state index in [9.17, 15) is 0 Å². The fraction of sp³-hybridized carbons (Fsp3) is 0.154. The standard InChI is InChI=1S/C13H12N2/c1-2-6-11-10(5-1)9-14-12-7-3-4-8-13(12)15-11/h1-9,12-13,15H. The molecule has 0 amide bonds. The number of rotatable bonds is 0. The fourth-order valence-corrected chi connectivity index (χ4v) is 1.96. The first kappa shape index (κ1) is 8.48. The number of fused-ring (bicyclic) bond motifs is 2. The summed E-state index contributed by atoms with van der Waals surface area (Å²) < 4.78 is 0. The third-order valence-corrected chi connectivity index (χ3v) is 2.77. The van der Waals surface area contributed by atoms with Crippen molar-refractivity contribution in [3.05, 3.63) is 54.1 Å². The van der Waals surface area contributed by atoms with Gasteiger partial charge in [0.05, 0.1) is 12.1 Å². The topological polar surface area (TPSA) is 24.4 Å². The monoisotopic (exact) mass is 196 g/mol. The number of anilines is 1. The maximum atomic E-state index is 4.56. The number of nitrogens with zero attached hydrogens (tertiary/aromatic N) is 1. The van der Waals surface area contributed by atoms with Crippen molar-refractivity contribution in [3.8, 4) is 0 Å². The average molecular weight is 196 g/mol. The minimum absolute atomic E-state index is 0.224. The Hall–Kier alpha value is -1.83. The van der Waals surface area contributed by atoms with Gasteiger partial charge in [-0.2, -0.15) is 0 Å². The molecular weight excluding hydrogens is 184 g/mol. The summed E-state index contributed by atoms with van der Waals surface area (Å²) in [5.41, 5.74) is 2.32. The first-order chi connectivity index (χ1) is 7.43. The van der Waals surface area contributed by atoms with Gasteiger partial charge >= 0.3 is 0 Å². The molecule has 0 aromatic heterocycles. The number of aliphatic imine (C=N–C) groups is 1. The second-order valence-electron chi connectivity index (χ2n) is 3.80. The molecule has 3 rings (SSSR count). The molecule has 1 aromatic carbocycles. The molecule has 0 spiro atoms. The van der Waals surface area contributed by atoms with Gasteiger partial charge in [0.2, 0.25) is 0 Å². The van der Waals surface area contributed by atoms with Gasteiger partial charge in [-0.05, 0) is 6.07 Å². The van der Waals surface area contributed by atoms with Crippen LogP contribution in [-0.4, -0.2) is 18.3 Å². The molecule has 2 aliphatic rings. The minimum atomic E-state index is 0.224. The fourth-order valence-electron chi connectivity index (χ4n) is 1.96. The highest BCUT2D eigenvalue weighted by atomic mass is 15.0. The van der Waals surface area contributed by atoms with E-state index in [-0.39, 0.29) is 12.1 Å². The van der Waals surface area contributed by atoms with Crippen LogP contribution < -0.4 is 5.32 Å². The zero-order chi connectivity index (χ0) is 10.1. The lowest BCUT2D eigenvalue weighted by Crippen LogP contribution is -2.29. The summed E-state index contributed by atoms with van der Waals surface area (Å²) in [6, 6.07) is 8.76. The van der Waals surface area contributed by atoms with Crippen LogP contribution in [0.15, 0.2) is 53.6 Å². The molecule has 2 heteroatoms. The highest BCUT2D eigenvalue weighted by Crippen LogP contribution is 2.22. The average Bonchev–Trinajstić information content (AvgIpc) is 2.48. The molecule has 74 valence electrons. The third-order valence-electron chi connectivity index (χ3n) is 2.77. The Labute approximate surface area is 89.0 Å². The normalized spacial score (nSPS) is 26.4. The Kier molecular flexibility index (Phi) is 1.91. The summed E-state index contributed by atoms with van der Waals surface area (Å²) in [5, 5.41) is 3.50. The van der Waals surface area contributed by atoms with E-state index in [1.54, 1.807) is 0 Å². The van der Waals surface area contributed by atoms with Gasteiger partial charge in [0, 0.05) is 17.5 Å². The van der Waals surface area contributed by atoms with Crippen molar-refractivity contribution in [3.63, 3.8) is 0 Å². The van der Waals surface area contributed by atoms with Gasteiger partial charge in [-0.15, -0.1) is 0 Å². The van der Waals surface area contributed by atoms with E-state index < -0.39 is 0 Å². The molecule has 1 N–H and O–H groups in total. The molecule has 0 saturated carbocycles. The number of allylic oxidation sites excluding steroid dienone is 2. The quantitative estimate of drug-likeness (QED) is 0.677. The van der Waals surface area contributed by atoms with Crippen molar-refractivity contribution in [1.82, 2.24) is 0 Å². The maximum absolute atomic E-state index is 4.56. The van der Waals surface area contributed by atoms with Gasteiger partial charge in [0.1, 0.15) is 0 Å². The number of nitrogens with one attached hydrogen (secondary N) is 1. The highest BCUT2D eigenvalue weighted by molar-refractivity contribution is 5.89. The molecule has 2 unspecified atom stereocenters. The second-order valence-corrected chi connectivity index (χ2v) is 3.80. The first-order valence-corrected chi connectivity index (χ1v) is 5.17. The summed E-state index contributed by atoms with van der Waals surface area (Å²) in [4.78, 5) is 4.56. The van der Waals surface area contributed by atoms with Gasteiger partial charge in [0.15, 0.2) is 0 Å². The molecule has 0 saturated heterocycles. The number of hydrogen-bond donors (Lipinski definition) is 1.